The number of anilines is 3. The smallest absolute Gasteiger partial charge is 0.248 e. The van der Waals surface area contributed by atoms with Gasteiger partial charge in [0.15, 0.2) is 0 Å². The molecule has 1 saturated heterocycles. The van der Waals surface area contributed by atoms with Gasteiger partial charge in [-0.1, -0.05) is 36.4 Å². The number of hydrogen-bond donors (Lipinski definition) is 2. The van der Waals surface area contributed by atoms with E-state index in [4.69, 9.17) is 14.2 Å². The van der Waals surface area contributed by atoms with Crippen LogP contribution in [0.25, 0.3) is 10.9 Å². The molecule has 1 aliphatic heterocycles. The number of nitrogens with zero attached hydrogens (tertiary/aromatic N) is 3. The van der Waals surface area contributed by atoms with Crippen molar-refractivity contribution in [1.82, 2.24) is 9.88 Å². The van der Waals surface area contributed by atoms with Gasteiger partial charge in [-0.15, -0.1) is 0 Å². The molecule has 1 aliphatic rings. The summed E-state index contributed by atoms with van der Waals surface area (Å²) < 4.78 is 17.6. The number of amides is 1. The second-order valence-corrected chi connectivity index (χ2v) is 10.2. The molecule has 214 valence electrons. The molecular weight excluding hydrogens is 530 g/mol. The molecule has 1 amide bonds. The SMILES string of the molecule is CN(C)CC=CC(=O)Nc1cc2c(Nc3ccc(OCc4ccccc4)cc3)c(C#N)cnc2cc1O[C@H]1CCOC1. The minimum Gasteiger partial charge on any atom is -0.489 e. The van der Waals surface area contributed by atoms with Crippen molar-refractivity contribution in [2.24, 2.45) is 0 Å². The number of nitriles is 1. The van der Waals surface area contributed by atoms with Gasteiger partial charge in [-0.2, -0.15) is 5.26 Å². The lowest BCUT2D eigenvalue weighted by Crippen LogP contribution is -2.18. The maximum atomic E-state index is 12.8. The molecule has 9 heteroatoms. The number of rotatable bonds is 11. The summed E-state index contributed by atoms with van der Waals surface area (Å²) in [5.41, 5.74) is 3.91. The van der Waals surface area contributed by atoms with E-state index in [0.717, 1.165) is 23.4 Å². The van der Waals surface area contributed by atoms with Crippen LogP contribution in [0.3, 0.4) is 0 Å². The van der Waals surface area contributed by atoms with Gasteiger partial charge < -0.3 is 29.7 Å². The third-order valence-corrected chi connectivity index (χ3v) is 6.64. The number of aromatic nitrogens is 1. The summed E-state index contributed by atoms with van der Waals surface area (Å²) in [6.45, 7) is 2.21. The second kappa shape index (κ2) is 13.6. The Morgan fingerprint density at radius 2 is 1.98 bits per heavy atom. The fourth-order valence-electron chi connectivity index (χ4n) is 4.48. The molecule has 0 radical (unpaired) electrons. The predicted octanol–water partition coefficient (Wildman–Crippen LogP) is 5.65. The molecule has 0 saturated carbocycles. The van der Waals surface area contributed by atoms with Crippen molar-refractivity contribution in [3.8, 4) is 17.6 Å². The molecule has 0 unspecified atom stereocenters. The summed E-state index contributed by atoms with van der Waals surface area (Å²) >= 11 is 0. The Labute approximate surface area is 245 Å². The van der Waals surface area contributed by atoms with E-state index >= 15 is 0 Å². The van der Waals surface area contributed by atoms with Crippen LogP contribution in [0.4, 0.5) is 17.1 Å². The highest BCUT2D eigenvalue weighted by Gasteiger charge is 2.21. The molecule has 1 atom stereocenters. The summed E-state index contributed by atoms with van der Waals surface area (Å²) in [6.07, 6.45) is 5.45. The standard InChI is InChI=1S/C33H33N5O4/c1-38(2)15-6-9-32(39)37-30-17-28-29(18-31(30)42-27-14-16-40-22-27)35-20-24(19-34)33(28)36-25-10-12-26(13-11-25)41-21-23-7-4-3-5-8-23/h3-13,17-18,20,27H,14-16,21-22H2,1-2H3,(H,35,36)(H,37,39)/t27-/m0/s1. The van der Waals surface area contributed by atoms with Gasteiger partial charge in [-0.25, -0.2) is 0 Å². The number of carbonyl (C=O) groups is 1. The number of carbonyl (C=O) groups excluding carboxylic acids is 1. The molecule has 2 heterocycles. The van der Waals surface area contributed by atoms with Crippen LogP contribution in [-0.4, -0.2) is 55.7 Å². The average molecular weight is 564 g/mol. The molecule has 0 aliphatic carbocycles. The molecule has 3 aromatic carbocycles. The number of benzene rings is 3. The second-order valence-electron chi connectivity index (χ2n) is 10.2. The molecule has 0 bridgehead atoms. The molecule has 9 nitrogen and oxygen atoms in total. The number of ether oxygens (including phenoxy) is 3. The van der Waals surface area contributed by atoms with Crippen molar-refractivity contribution in [1.29, 1.82) is 5.26 Å². The van der Waals surface area contributed by atoms with Gasteiger partial charge in [0, 0.05) is 42.4 Å². The first kappa shape index (κ1) is 28.6. The molecule has 0 spiro atoms. The fraction of sp³-hybridized carbons (Fsp3) is 0.242. The van der Waals surface area contributed by atoms with Crippen LogP contribution in [-0.2, 0) is 16.1 Å². The van der Waals surface area contributed by atoms with Gasteiger partial charge in [0.1, 0.15) is 30.3 Å². The zero-order valence-electron chi connectivity index (χ0n) is 23.7. The largest absolute Gasteiger partial charge is 0.489 e. The van der Waals surface area contributed by atoms with Crippen molar-refractivity contribution >= 4 is 33.9 Å². The van der Waals surface area contributed by atoms with Gasteiger partial charge in [0.25, 0.3) is 0 Å². The van der Waals surface area contributed by atoms with E-state index in [2.05, 4.69) is 21.7 Å². The Morgan fingerprint density at radius 1 is 1.17 bits per heavy atom. The van der Waals surface area contributed by atoms with Crippen molar-refractivity contribution in [2.75, 3.05) is 44.5 Å². The highest BCUT2D eigenvalue weighted by Crippen LogP contribution is 2.37. The summed E-state index contributed by atoms with van der Waals surface area (Å²) in [7, 11) is 3.86. The van der Waals surface area contributed by atoms with E-state index < -0.39 is 0 Å². The summed E-state index contributed by atoms with van der Waals surface area (Å²) in [6, 6.07) is 23.3. The van der Waals surface area contributed by atoms with Crippen LogP contribution in [0.2, 0.25) is 0 Å². The van der Waals surface area contributed by atoms with Crippen LogP contribution in [0.1, 0.15) is 17.5 Å². The van der Waals surface area contributed by atoms with Crippen molar-refractivity contribution in [3.05, 3.63) is 96.2 Å². The Morgan fingerprint density at radius 3 is 2.69 bits per heavy atom. The van der Waals surface area contributed by atoms with E-state index in [-0.39, 0.29) is 12.0 Å². The molecule has 42 heavy (non-hydrogen) atoms. The van der Waals surface area contributed by atoms with Gasteiger partial charge in [-0.05, 0) is 50.0 Å². The van der Waals surface area contributed by atoms with E-state index in [1.807, 2.05) is 73.6 Å². The average Bonchev–Trinajstić information content (AvgIpc) is 3.51. The lowest BCUT2D eigenvalue weighted by molar-refractivity contribution is -0.111. The zero-order valence-corrected chi connectivity index (χ0v) is 23.7. The van der Waals surface area contributed by atoms with Crippen LogP contribution >= 0.6 is 0 Å². The molecule has 2 N–H and O–H groups in total. The Balaban J connectivity index is 1.43. The molecule has 5 rings (SSSR count). The normalized spacial score (nSPS) is 14.7. The van der Waals surface area contributed by atoms with Gasteiger partial charge >= 0.3 is 0 Å². The topological polar surface area (TPSA) is 109 Å². The number of likely N-dealkylation sites (N-methyl/N-ethyl adjacent to an activating group) is 1. The van der Waals surface area contributed by atoms with Crippen LogP contribution < -0.4 is 20.1 Å². The Bertz CT molecular complexity index is 1590. The third-order valence-electron chi connectivity index (χ3n) is 6.64. The minimum atomic E-state index is -0.284. The zero-order chi connectivity index (χ0) is 29.3. The van der Waals surface area contributed by atoms with E-state index in [1.54, 1.807) is 18.2 Å². The van der Waals surface area contributed by atoms with Crippen molar-refractivity contribution < 1.29 is 19.0 Å². The van der Waals surface area contributed by atoms with Crippen molar-refractivity contribution in [3.63, 3.8) is 0 Å². The maximum absolute atomic E-state index is 12.8. The van der Waals surface area contributed by atoms with Gasteiger partial charge in [0.05, 0.1) is 35.7 Å². The van der Waals surface area contributed by atoms with E-state index in [9.17, 15) is 10.1 Å². The predicted molar refractivity (Wildman–Crippen MR) is 163 cm³/mol. The first-order valence-electron chi connectivity index (χ1n) is 13.8. The van der Waals surface area contributed by atoms with Crippen LogP contribution in [0.15, 0.2) is 85.1 Å². The summed E-state index contributed by atoms with van der Waals surface area (Å²) in [5, 5.41) is 16.9. The molecule has 1 fully saturated rings. The number of fused-ring (bicyclic) bond motifs is 1. The molecule has 4 aromatic rings. The van der Waals surface area contributed by atoms with E-state index in [1.165, 1.54) is 12.3 Å². The quantitative estimate of drug-likeness (QED) is 0.225. The molecule has 1 aromatic heterocycles. The Hall–Kier alpha value is -4.91. The number of pyridine rings is 1. The van der Waals surface area contributed by atoms with Crippen LogP contribution in [0.5, 0.6) is 11.5 Å². The van der Waals surface area contributed by atoms with Gasteiger partial charge in [-0.3, -0.25) is 9.78 Å². The fourth-order valence-corrected chi connectivity index (χ4v) is 4.48. The maximum Gasteiger partial charge on any atom is 0.248 e. The van der Waals surface area contributed by atoms with E-state index in [0.29, 0.717) is 60.0 Å². The highest BCUT2D eigenvalue weighted by molar-refractivity contribution is 6.04. The monoisotopic (exact) mass is 563 g/mol. The Kier molecular flexibility index (Phi) is 9.29. The number of nitrogens with one attached hydrogen (secondary N) is 2. The van der Waals surface area contributed by atoms with Crippen molar-refractivity contribution in [2.45, 2.75) is 19.1 Å². The first-order valence-corrected chi connectivity index (χ1v) is 13.8. The molecular formula is C33H33N5O4. The summed E-state index contributed by atoms with van der Waals surface area (Å²) in [5.74, 6) is 0.943. The highest BCUT2D eigenvalue weighted by atomic mass is 16.5. The minimum absolute atomic E-state index is 0.124. The lowest BCUT2D eigenvalue weighted by atomic mass is 10.1. The summed E-state index contributed by atoms with van der Waals surface area (Å²) in [4.78, 5) is 19.3. The van der Waals surface area contributed by atoms with Crippen LogP contribution in [0, 0.1) is 11.3 Å². The number of hydrogen-bond acceptors (Lipinski definition) is 8. The lowest BCUT2D eigenvalue weighted by Gasteiger charge is -2.18. The first-order chi connectivity index (χ1) is 20.5. The van der Waals surface area contributed by atoms with Gasteiger partial charge in [0.2, 0.25) is 5.91 Å². The third kappa shape index (κ3) is 7.43.